The van der Waals surface area contributed by atoms with Crippen LogP contribution in [0.3, 0.4) is 0 Å². The number of benzene rings is 1. The van der Waals surface area contributed by atoms with Crippen molar-refractivity contribution in [2.45, 2.75) is 46.0 Å². The van der Waals surface area contributed by atoms with Crippen LogP contribution in [-0.4, -0.2) is 10.9 Å². The predicted octanol–water partition coefficient (Wildman–Crippen LogP) is 5.09. The Labute approximate surface area is 137 Å². The zero-order valence-corrected chi connectivity index (χ0v) is 13.9. The molecule has 1 N–H and O–H groups in total. The minimum atomic E-state index is -0.0151. The molecule has 0 unspecified atom stereocenters. The van der Waals surface area contributed by atoms with Crippen molar-refractivity contribution in [3.05, 3.63) is 47.7 Å². The highest BCUT2D eigenvalue weighted by atomic mass is 16.1. The molecule has 0 aliphatic heterocycles. The van der Waals surface area contributed by atoms with E-state index in [1.807, 2.05) is 37.3 Å². The summed E-state index contributed by atoms with van der Waals surface area (Å²) in [5.74, 6) is 0.746. The molecule has 1 aliphatic rings. The van der Waals surface area contributed by atoms with Gasteiger partial charge < -0.3 is 5.32 Å². The molecule has 1 amide bonds. The van der Waals surface area contributed by atoms with Gasteiger partial charge in [-0.05, 0) is 38.3 Å². The maximum absolute atomic E-state index is 12.6. The van der Waals surface area contributed by atoms with Crippen LogP contribution in [0, 0.1) is 5.92 Å². The molecule has 3 heteroatoms. The number of carbonyl (C=O) groups is 1. The topological polar surface area (TPSA) is 42.0 Å². The van der Waals surface area contributed by atoms with E-state index in [1.165, 1.54) is 31.3 Å². The molecule has 0 bridgehead atoms. The fraction of sp³-hybridized carbons (Fsp3) is 0.400. The molecule has 1 aliphatic carbocycles. The first-order valence-electron chi connectivity index (χ1n) is 8.46. The van der Waals surface area contributed by atoms with Gasteiger partial charge in [0.15, 0.2) is 0 Å². The average molecular weight is 308 g/mol. The minimum Gasteiger partial charge on any atom is -0.320 e. The summed E-state index contributed by atoms with van der Waals surface area (Å²) in [6.45, 7) is 4.02. The molecule has 1 aromatic heterocycles. The molecule has 0 spiro atoms. The number of nitrogens with one attached hydrogen (secondary N) is 1. The second-order valence-electron chi connectivity index (χ2n) is 6.59. The number of nitrogens with zero attached hydrogens (tertiary/aromatic N) is 1. The lowest BCUT2D eigenvalue weighted by Crippen LogP contribution is -2.15. The molecule has 0 saturated heterocycles. The average Bonchev–Trinajstić information content (AvgIpc) is 3.07. The molecule has 0 atom stereocenters. The SMILES string of the molecule is C/C(CC1CCCC1)=C(\C)C(=O)Nc1cccc2cccnc12. The Bertz CT molecular complexity index is 737. The minimum absolute atomic E-state index is 0.0151. The Hall–Kier alpha value is -2.16. The van der Waals surface area contributed by atoms with Crippen LogP contribution >= 0.6 is 0 Å². The van der Waals surface area contributed by atoms with Gasteiger partial charge in [0.25, 0.3) is 5.91 Å². The van der Waals surface area contributed by atoms with Crippen molar-refractivity contribution in [3.8, 4) is 0 Å². The number of fused-ring (bicyclic) bond motifs is 1. The Morgan fingerprint density at radius 2 is 1.91 bits per heavy atom. The van der Waals surface area contributed by atoms with Gasteiger partial charge in [0.05, 0.1) is 11.2 Å². The largest absolute Gasteiger partial charge is 0.320 e. The van der Waals surface area contributed by atoms with E-state index < -0.39 is 0 Å². The fourth-order valence-electron chi connectivity index (χ4n) is 3.42. The lowest BCUT2D eigenvalue weighted by molar-refractivity contribution is -0.112. The quantitative estimate of drug-likeness (QED) is 0.799. The maximum atomic E-state index is 12.6. The molecule has 3 rings (SSSR count). The van der Waals surface area contributed by atoms with Crippen molar-refractivity contribution in [2.75, 3.05) is 5.32 Å². The zero-order valence-electron chi connectivity index (χ0n) is 13.9. The zero-order chi connectivity index (χ0) is 16.2. The predicted molar refractivity (Wildman–Crippen MR) is 95.3 cm³/mol. The molecule has 120 valence electrons. The number of hydrogen-bond acceptors (Lipinski definition) is 2. The number of aromatic nitrogens is 1. The standard InChI is InChI=1S/C20H24N2O/c1-14(13-16-7-3-4-8-16)15(2)20(23)22-18-11-5-9-17-10-6-12-21-19(17)18/h5-6,9-12,16H,3-4,7-8,13H2,1-2H3,(H,22,23)/b15-14-. The van der Waals surface area contributed by atoms with Gasteiger partial charge in [-0.15, -0.1) is 0 Å². The number of amides is 1. The first-order chi connectivity index (χ1) is 11.1. The number of pyridine rings is 1. The summed E-state index contributed by atoms with van der Waals surface area (Å²) in [7, 11) is 0. The third-order valence-electron chi connectivity index (χ3n) is 4.93. The molecule has 1 aromatic carbocycles. The van der Waals surface area contributed by atoms with E-state index in [-0.39, 0.29) is 5.91 Å². The van der Waals surface area contributed by atoms with Crippen LogP contribution < -0.4 is 5.32 Å². The summed E-state index contributed by atoms with van der Waals surface area (Å²) in [4.78, 5) is 17.0. The van der Waals surface area contributed by atoms with E-state index in [4.69, 9.17) is 0 Å². The van der Waals surface area contributed by atoms with E-state index in [9.17, 15) is 4.79 Å². The maximum Gasteiger partial charge on any atom is 0.251 e. The molecule has 1 heterocycles. The van der Waals surface area contributed by atoms with Gasteiger partial charge in [-0.2, -0.15) is 0 Å². The van der Waals surface area contributed by atoms with Crippen molar-refractivity contribution in [2.24, 2.45) is 5.92 Å². The van der Waals surface area contributed by atoms with Gasteiger partial charge in [0, 0.05) is 17.2 Å². The Balaban J connectivity index is 1.77. The summed E-state index contributed by atoms with van der Waals surface area (Å²) in [5, 5.41) is 4.07. The van der Waals surface area contributed by atoms with E-state index >= 15 is 0 Å². The van der Waals surface area contributed by atoms with Crippen LogP contribution in [0.5, 0.6) is 0 Å². The van der Waals surface area contributed by atoms with E-state index in [0.29, 0.717) is 0 Å². The van der Waals surface area contributed by atoms with Crippen LogP contribution in [0.1, 0.15) is 46.0 Å². The Morgan fingerprint density at radius 1 is 1.17 bits per heavy atom. The van der Waals surface area contributed by atoms with Crippen LogP contribution in [-0.2, 0) is 4.79 Å². The fourth-order valence-corrected chi connectivity index (χ4v) is 3.42. The van der Waals surface area contributed by atoms with E-state index in [0.717, 1.165) is 34.5 Å². The highest BCUT2D eigenvalue weighted by Gasteiger charge is 2.18. The van der Waals surface area contributed by atoms with Crippen LogP contribution in [0.4, 0.5) is 5.69 Å². The molecule has 23 heavy (non-hydrogen) atoms. The smallest absolute Gasteiger partial charge is 0.251 e. The highest BCUT2D eigenvalue weighted by Crippen LogP contribution is 2.31. The summed E-state index contributed by atoms with van der Waals surface area (Å²) < 4.78 is 0. The van der Waals surface area contributed by atoms with Gasteiger partial charge in [0.2, 0.25) is 0 Å². The summed E-state index contributed by atoms with van der Waals surface area (Å²) in [6, 6.07) is 9.78. The third kappa shape index (κ3) is 3.61. The highest BCUT2D eigenvalue weighted by molar-refractivity contribution is 6.07. The van der Waals surface area contributed by atoms with Gasteiger partial charge in [-0.1, -0.05) is 49.5 Å². The molecule has 1 saturated carbocycles. The summed E-state index contributed by atoms with van der Waals surface area (Å²) in [6.07, 6.45) is 8.09. The van der Waals surface area contributed by atoms with Crippen molar-refractivity contribution < 1.29 is 4.79 Å². The number of para-hydroxylation sites is 1. The summed E-state index contributed by atoms with van der Waals surface area (Å²) in [5.41, 5.74) is 3.66. The van der Waals surface area contributed by atoms with Crippen molar-refractivity contribution >= 4 is 22.5 Å². The molecule has 0 radical (unpaired) electrons. The van der Waals surface area contributed by atoms with Crippen molar-refractivity contribution in [1.82, 2.24) is 4.98 Å². The van der Waals surface area contributed by atoms with Gasteiger partial charge in [-0.3, -0.25) is 9.78 Å². The molecular weight excluding hydrogens is 284 g/mol. The normalized spacial score (nSPS) is 16.4. The molecule has 1 fully saturated rings. The Kier molecular flexibility index (Phi) is 4.75. The van der Waals surface area contributed by atoms with E-state index in [1.54, 1.807) is 6.20 Å². The first kappa shape index (κ1) is 15.7. The summed E-state index contributed by atoms with van der Waals surface area (Å²) >= 11 is 0. The van der Waals surface area contributed by atoms with Gasteiger partial charge >= 0.3 is 0 Å². The number of anilines is 1. The van der Waals surface area contributed by atoms with Crippen molar-refractivity contribution in [1.29, 1.82) is 0 Å². The molecular formula is C20H24N2O. The number of allylic oxidation sites excluding steroid dienone is 1. The monoisotopic (exact) mass is 308 g/mol. The Morgan fingerprint density at radius 3 is 2.70 bits per heavy atom. The van der Waals surface area contributed by atoms with E-state index in [2.05, 4.69) is 17.2 Å². The lowest BCUT2D eigenvalue weighted by Gasteiger charge is -2.13. The molecule has 3 nitrogen and oxygen atoms in total. The van der Waals surface area contributed by atoms with Crippen LogP contribution in [0.25, 0.3) is 10.9 Å². The number of rotatable bonds is 4. The van der Waals surface area contributed by atoms with Gasteiger partial charge in [0.1, 0.15) is 0 Å². The van der Waals surface area contributed by atoms with Crippen molar-refractivity contribution in [3.63, 3.8) is 0 Å². The molecule has 2 aromatic rings. The van der Waals surface area contributed by atoms with Gasteiger partial charge in [-0.25, -0.2) is 0 Å². The second kappa shape index (κ2) is 6.95. The second-order valence-corrected chi connectivity index (χ2v) is 6.59. The van der Waals surface area contributed by atoms with Crippen LogP contribution in [0.15, 0.2) is 47.7 Å². The number of hydrogen-bond donors (Lipinski definition) is 1. The van der Waals surface area contributed by atoms with Crippen LogP contribution in [0.2, 0.25) is 0 Å². The number of carbonyl (C=O) groups excluding carboxylic acids is 1. The lowest BCUT2D eigenvalue weighted by atomic mass is 9.95. The third-order valence-corrected chi connectivity index (χ3v) is 4.93. The first-order valence-corrected chi connectivity index (χ1v) is 8.46.